The number of hydrogen-bond donors (Lipinski definition) is 0. The summed E-state index contributed by atoms with van der Waals surface area (Å²) in [5.74, 6) is 1.91. The van der Waals surface area contributed by atoms with Crippen molar-refractivity contribution in [1.82, 2.24) is 0 Å². The van der Waals surface area contributed by atoms with E-state index in [-0.39, 0.29) is 12.1 Å². The highest BCUT2D eigenvalue weighted by Crippen LogP contribution is 2.22. The van der Waals surface area contributed by atoms with Crippen molar-refractivity contribution in [3.8, 4) is 11.5 Å². The van der Waals surface area contributed by atoms with Crippen LogP contribution in [0.4, 0.5) is 11.4 Å². The number of nitrogens with zero attached hydrogens (tertiary/aromatic N) is 4. The molecule has 7 nitrogen and oxygen atoms in total. The average molecular weight is 883 g/mol. The molecule has 0 radical (unpaired) electrons. The molecule has 7 heteroatoms. The molecule has 0 bridgehead atoms. The Morgan fingerprint density at radius 1 is 0.415 bits per heavy atom. The summed E-state index contributed by atoms with van der Waals surface area (Å²) >= 11 is 0. The van der Waals surface area contributed by atoms with Gasteiger partial charge in [0, 0.05) is 0 Å². The lowest BCUT2D eigenvalue weighted by molar-refractivity contribution is 0.304. The molecule has 0 aliphatic rings. The highest BCUT2D eigenvalue weighted by Gasteiger charge is 2.09. The lowest BCUT2D eigenvalue weighted by Crippen LogP contribution is -2.04. The van der Waals surface area contributed by atoms with Crippen LogP contribution < -0.4 is 9.47 Å². The Hall–Kier alpha value is -5.04. The fourth-order valence-electron chi connectivity index (χ4n) is 7.71. The van der Waals surface area contributed by atoms with Gasteiger partial charge in [0.05, 0.1) is 49.2 Å². The summed E-state index contributed by atoms with van der Waals surface area (Å²) in [6.07, 6.45) is 35.0. The molecule has 2 atom stereocenters. The smallest absolute Gasteiger partial charge is 0.119 e. The fourth-order valence-corrected chi connectivity index (χ4v) is 7.71. The van der Waals surface area contributed by atoms with Gasteiger partial charge in [-0.15, -0.1) is 0 Å². The van der Waals surface area contributed by atoms with Crippen LogP contribution in [0.5, 0.6) is 11.5 Å². The van der Waals surface area contributed by atoms with Gasteiger partial charge in [-0.2, -0.15) is 20.5 Å². The van der Waals surface area contributed by atoms with E-state index in [1.165, 1.54) is 88.2 Å². The first-order chi connectivity index (χ1) is 32.2. The molecule has 0 fully saturated rings. The first-order valence-corrected chi connectivity index (χ1v) is 25.5. The number of para-hydroxylation sites is 2. The van der Waals surface area contributed by atoms with Gasteiger partial charge in [0.2, 0.25) is 0 Å². The minimum atomic E-state index is 0.232. The van der Waals surface area contributed by atoms with Crippen molar-refractivity contribution in [2.75, 3.05) is 13.2 Å². The molecule has 0 heterocycles. The van der Waals surface area contributed by atoms with Crippen LogP contribution in [0.1, 0.15) is 166 Å². The normalized spacial score (nSPS) is 12.8. The molecular weight excluding hydrogens is 801 g/mol. The van der Waals surface area contributed by atoms with Crippen LogP contribution in [-0.4, -0.2) is 25.3 Å². The second-order valence-corrected chi connectivity index (χ2v) is 17.5. The number of hydrogen-bond acceptors (Lipinski definition) is 7. The second-order valence-electron chi connectivity index (χ2n) is 17.5. The Balaban J connectivity index is 1.13. The van der Waals surface area contributed by atoms with Crippen molar-refractivity contribution in [3.63, 3.8) is 0 Å². The maximum Gasteiger partial charge on any atom is 0.119 e. The molecule has 65 heavy (non-hydrogen) atoms. The molecule has 2 unspecified atom stereocenters. The Bertz CT molecular complexity index is 1690. The van der Waals surface area contributed by atoms with Crippen LogP contribution in [0.15, 0.2) is 154 Å². The molecule has 0 saturated carbocycles. The maximum atomic E-state index is 5.87. The van der Waals surface area contributed by atoms with Gasteiger partial charge >= 0.3 is 0 Å². The summed E-state index contributed by atoms with van der Waals surface area (Å²) in [4.78, 5) is 0. The molecule has 0 saturated heterocycles. The summed E-state index contributed by atoms with van der Waals surface area (Å²) < 4.78 is 17.5. The van der Waals surface area contributed by atoms with Gasteiger partial charge in [-0.05, 0) is 162 Å². The van der Waals surface area contributed by atoms with Gasteiger partial charge in [0.1, 0.15) is 11.5 Å². The number of aryl methyl sites for hydroxylation is 2. The number of ether oxygens (including phenoxy) is 3. The molecule has 0 aliphatic heterocycles. The molecule has 0 aliphatic carbocycles. The van der Waals surface area contributed by atoms with Crippen LogP contribution in [0.3, 0.4) is 0 Å². The van der Waals surface area contributed by atoms with Crippen molar-refractivity contribution >= 4 is 11.4 Å². The van der Waals surface area contributed by atoms with Crippen molar-refractivity contribution in [1.29, 1.82) is 0 Å². The lowest BCUT2D eigenvalue weighted by Gasteiger charge is -2.11. The molecule has 4 aromatic rings. The zero-order valence-corrected chi connectivity index (χ0v) is 40.3. The molecule has 0 aromatic heterocycles. The Kier molecular flexibility index (Phi) is 29.3. The van der Waals surface area contributed by atoms with E-state index in [2.05, 4.69) is 84.8 Å². The predicted octanol–water partition coefficient (Wildman–Crippen LogP) is 18.2. The maximum absolute atomic E-state index is 5.87. The first kappa shape index (κ1) is 52.6. The van der Waals surface area contributed by atoms with Crippen LogP contribution >= 0.6 is 0 Å². The topological polar surface area (TPSA) is 77.1 Å². The molecule has 352 valence electrons. The Labute approximate surface area is 394 Å². The molecular formula is C58H82N4O3. The van der Waals surface area contributed by atoms with E-state index < -0.39 is 0 Å². The highest BCUT2D eigenvalue weighted by molar-refractivity contribution is 5.39. The summed E-state index contributed by atoms with van der Waals surface area (Å²) in [7, 11) is 0. The van der Waals surface area contributed by atoms with Gasteiger partial charge in [-0.25, -0.2) is 0 Å². The minimum Gasteiger partial charge on any atom is -0.494 e. The van der Waals surface area contributed by atoms with Crippen LogP contribution in [0.2, 0.25) is 0 Å². The summed E-state index contributed by atoms with van der Waals surface area (Å²) in [5, 5.41) is 19.1. The minimum absolute atomic E-state index is 0.232. The van der Waals surface area contributed by atoms with Crippen molar-refractivity contribution < 1.29 is 14.2 Å². The molecule has 4 rings (SSSR count). The zero-order valence-electron chi connectivity index (χ0n) is 40.3. The molecule has 4 aromatic carbocycles. The number of unbranched alkanes of at least 4 members (excludes halogenated alkanes) is 12. The van der Waals surface area contributed by atoms with E-state index in [9.17, 15) is 0 Å². The van der Waals surface area contributed by atoms with Crippen LogP contribution in [-0.2, 0) is 17.6 Å². The summed E-state index contributed by atoms with van der Waals surface area (Å²) in [6.45, 7) is 6.04. The SMILES string of the molecule is CCCCc1ccc(N=NC(CCCC=COC=CCCCC(CCCCCCCOc2ccccc2)N=Nc2ccc(CCCC)cc2)CCCCCCCOc2ccccc2)cc1. The number of allylic oxidation sites excluding steroid dienone is 2. The third-order valence-electron chi connectivity index (χ3n) is 11.7. The van der Waals surface area contributed by atoms with Crippen LogP contribution in [0, 0.1) is 0 Å². The van der Waals surface area contributed by atoms with Gasteiger partial charge < -0.3 is 14.2 Å². The van der Waals surface area contributed by atoms with Gasteiger partial charge in [0.15, 0.2) is 0 Å². The standard InChI is InChI=1S/C58H82N4O3/c1-3-5-29-51-39-43-55(44-40-51)61-59-53(31-17-9-7-11-27-49-64-57-35-21-13-22-36-57)33-19-15-25-47-63-48-26-16-20-34-54(60-62-56-45-41-52(42-46-56)30-6-4-2)32-18-10-8-12-28-50-65-58-37-23-14-24-38-58/h13-14,21-26,35-48,53-54H,3-12,15-20,27-34,49-50H2,1-2H3. The van der Waals surface area contributed by atoms with Gasteiger partial charge in [-0.3, -0.25) is 0 Å². The lowest BCUT2D eigenvalue weighted by atomic mass is 10.0. The van der Waals surface area contributed by atoms with E-state index in [1.807, 2.05) is 73.2 Å². The second kappa shape index (κ2) is 36.2. The third-order valence-corrected chi connectivity index (χ3v) is 11.7. The predicted molar refractivity (Wildman–Crippen MR) is 273 cm³/mol. The van der Waals surface area contributed by atoms with Crippen molar-refractivity contribution in [2.45, 2.75) is 180 Å². The van der Waals surface area contributed by atoms with Crippen molar-refractivity contribution in [3.05, 3.63) is 145 Å². The number of rotatable bonds is 38. The largest absolute Gasteiger partial charge is 0.494 e. The molecule has 0 spiro atoms. The number of benzene rings is 4. The van der Waals surface area contributed by atoms with Gasteiger partial charge in [0.25, 0.3) is 0 Å². The number of azo groups is 2. The average Bonchev–Trinajstić information content (AvgIpc) is 3.35. The first-order valence-electron chi connectivity index (χ1n) is 25.5. The van der Waals surface area contributed by atoms with E-state index in [1.54, 1.807) is 0 Å². The highest BCUT2D eigenvalue weighted by atomic mass is 16.5. The molecule has 0 amide bonds. The van der Waals surface area contributed by atoms with E-state index in [4.69, 9.17) is 24.4 Å². The fraction of sp³-hybridized carbons (Fsp3) is 0.517. The summed E-state index contributed by atoms with van der Waals surface area (Å²) in [6, 6.07) is 37.9. The van der Waals surface area contributed by atoms with E-state index >= 15 is 0 Å². The monoisotopic (exact) mass is 883 g/mol. The molecule has 0 N–H and O–H groups in total. The Morgan fingerprint density at radius 3 is 1.22 bits per heavy atom. The van der Waals surface area contributed by atoms with Crippen LogP contribution in [0.25, 0.3) is 0 Å². The van der Waals surface area contributed by atoms with E-state index in [0.29, 0.717) is 0 Å². The third kappa shape index (κ3) is 26.5. The summed E-state index contributed by atoms with van der Waals surface area (Å²) in [5.41, 5.74) is 4.65. The van der Waals surface area contributed by atoms with Gasteiger partial charge in [-0.1, -0.05) is 139 Å². The van der Waals surface area contributed by atoms with E-state index in [0.717, 1.165) is 113 Å². The quantitative estimate of drug-likeness (QED) is 0.0256. The Morgan fingerprint density at radius 2 is 0.800 bits per heavy atom. The van der Waals surface area contributed by atoms with Crippen molar-refractivity contribution in [2.24, 2.45) is 20.5 Å². The zero-order chi connectivity index (χ0) is 45.5.